The largest absolute Gasteiger partial charge is 0.389 e. The molecular formula is C13H27NO. The Bertz CT molecular complexity index is 189. The maximum Gasteiger partial charge on any atom is 0.0766 e. The highest BCUT2D eigenvalue weighted by Gasteiger charge is 2.26. The molecule has 0 amide bonds. The van der Waals surface area contributed by atoms with Crippen molar-refractivity contribution < 1.29 is 5.11 Å². The van der Waals surface area contributed by atoms with Crippen LogP contribution >= 0.6 is 0 Å². The summed E-state index contributed by atoms with van der Waals surface area (Å²) in [5.74, 6) is 1.16. The Balaban J connectivity index is 2.30. The van der Waals surface area contributed by atoms with Crippen LogP contribution in [0.15, 0.2) is 0 Å². The predicted octanol–water partition coefficient (Wildman–Crippen LogP) is 2.56. The first-order chi connectivity index (χ1) is 6.92. The van der Waals surface area contributed by atoms with Gasteiger partial charge in [0.25, 0.3) is 0 Å². The van der Waals surface area contributed by atoms with Crippen LogP contribution in [0.2, 0.25) is 0 Å². The Labute approximate surface area is 94.5 Å². The zero-order valence-corrected chi connectivity index (χ0v) is 10.7. The minimum atomic E-state index is -0.569. The van der Waals surface area contributed by atoms with Crippen LogP contribution in [-0.4, -0.2) is 23.3 Å². The molecule has 90 valence electrons. The molecule has 0 aliphatic heterocycles. The third kappa shape index (κ3) is 4.12. The van der Waals surface area contributed by atoms with Gasteiger partial charge >= 0.3 is 0 Å². The van der Waals surface area contributed by atoms with Crippen LogP contribution in [0.25, 0.3) is 0 Å². The summed E-state index contributed by atoms with van der Waals surface area (Å²) in [5.41, 5.74) is -0.569. The van der Waals surface area contributed by atoms with E-state index in [1.807, 2.05) is 6.92 Å². The van der Waals surface area contributed by atoms with Crippen molar-refractivity contribution in [2.45, 2.75) is 65.0 Å². The summed E-state index contributed by atoms with van der Waals surface area (Å²) in [7, 11) is 0. The minimum absolute atomic E-state index is 0.311. The van der Waals surface area contributed by atoms with Gasteiger partial charge in [-0.3, -0.25) is 0 Å². The summed E-state index contributed by atoms with van der Waals surface area (Å²) >= 11 is 0. The lowest BCUT2D eigenvalue weighted by atomic mass is 9.86. The van der Waals surface area contributed by atoms with Gasteiger partial charge in [0, 0.05) is 12.6 Å². The van der Waals surface area contributed by atoms with Gasteiger partial charge in [-0.25, -0.2) is 0 Å². The Morgan fingerprint density at radius 3 is 2.60 bits per heavy atom. The molecular weight excluding hydrogens is 186 g/mol. The van der Waals surface area contributed by atoms with Gasteiger partial charge in [-0.05, 0) is 31.6 Å². The maximum absolute atomic E-state index is 10.1. The molecule has 0 saturated heterocycles. The number of rotatable bonds is 4. The average Bonchev–Trinajstić information content (AvgIpc) is 2.15. The van der Waals surface area contributed by atoms with Gasteiger partial charge in [0.2, 0.25) is 0 Å². The van der Waals surface area contributed by atoms with E-state index >= 15 is 0 Å². The van der Waals surface area contributed by atoms with E-state index in [9.17, 15) is 5.11 Å². The summed E-state index contributed by atoms with van der Waals surface area (Å²) in [4.78, 5) is 0. The van der Waals surface area contributed by atoms with Gasteiger partial charge in [0.05, 0.1) is 5.60 Å². The van der Waals surface area contributed by atoms with E-state index in [2.05, 4.69) is 26.1 Å². The fourth-order valence-electron chi connectivity index (χ4n) is 2.17. The predicted molar refractivity (Wildman–Crippen MR) is 64.9 cm³/mol. The molecule has 1 rings (SSSR count). The van der Waals surface area contributed by atoms with Crippen molar-refractivity contribution in [3.63, 3.8) is 0 Å². The maximum atomic E-state index is 10.1. The van der Waals surface area contributed by atoms with Crippen molar-refractivity contribution in [2.24, 2.45) is 11.8 Å². The lowest BCUT2D eigenvalue weighted by molar-refractivity contribution is 0.0101. The Hall–Kier alpha value is -0.0800. The summed E-state index contributed by atoms with van der Waals surface area (Å²) in [6, 6.07) is 0.624. The summed E-state index contributed by atoms with van der Waals surface area (Å²) in [5, 5.41) is 13.6. The molecule has 0 aromatic rings. The molecule has 3 atom stereocenters. The standard InChI is InChI=1S/C13H27NO/c1-10(2)13(4,15)9-14-12-7-5-6-11(3)8-12/h10-12,14-15H,5-9H2,1-4H3. The molecule has 1 aliphatic rings. The van der Waals surface area contributed by atoms with Gasteiger partial charge in [-0.2, -0.15) is 0 Å². The van der Waals surface area contributed by atoms with E-state index in [0.29, 0.717) is 12.0 Å². The van der Waals surface area contributed by atoms with Crippen molar-refractivity contribution in [3.05, 3.63) is 0 Å². The highest BCUT2D eigenvalue weighted by atomic mass is 16.3. The molecule has 0 aromatic carbocycles. The summed E-state index contributed by atoms with van der Waals surface area (Å²) in [6.45, 7) is 9.13. The topological polar surface area (TPSA) is 32.3 Å². The third-order valence-corrected chi connectivity index (χ3v) is 3.93. The number of aliphatic hydroxyl groups is 1. The molecule has 15 heavy (non-hydrogen) atoms. The van der Waals surface area contributed by atoms with Crippen molar-refractivity contribution in [1.82, 2.24) is 5.32 Å². The normalized spacial score (nSPS) is 31.6. The van der Waals surface area contributed by atoms with Crippen LogP contribution in [0, 0.1) is 11.8 Å². The molecule has 0 aromatic heterocycles. The molecule has 2 heteroatoms. The first-order valence-corrected chi connectivity index (χ1v) is 6.37. The Morgan fingerprint density at radius 1 is 1.40 bits per heavy atom. The molecule has 0 heterocycles. The van der Waals surface area contributed by atoms with Crippen molar-refractivity contribution in [2.75, 3.05) is 6.54 Å². The Morgan fingerprint density at radius 2 is 2.07 bits per heavy atom. The zero-order valence-electron chi connectivity index (χ0n) is 10.7. The monoisotopic (exact) mass is 213 g/mol. The number of hydrogen-bond donors (Lipinski definition) is 2. The molecule has 2 nitrogen and oxygen atoms in total. The van der Waals surface area contributed by atoms with Gasteiger partial charge in [0.1, 0.15) is 0 Å². The van der Waals surface area contributed by atoms with Crippen molar-refractivity contribution >= 4 is 0 Å². The third-order valence-electron chi connectivity index (χ3n) is 3.93. The van der Waals surface area contributed by atoms with Gasteiger partial charge in [-0.1, -0.05) is 33.6 Å². The van der Waals surface area contributed by atoms with Crippen LogP contribution in [0.5, 0.6) is 0 Å². The summed E-state index contributed by atoms with van der Waals surface area (Å²) in [6.07, 6.45) is 5.26. The molecule has 1 saturated carbocycles. The highest BCUT2D eigenvalue weighted by molar-refractivity contribution is 4.83. The smallest absolute Gasteiger partial charge is 0.0766 e. The average molecular weight is 213 g/mol. The fourth-order valence-corrected chi connectivity index (χ4v) is 2.17. The van der Waals surface area contributed by atoms with Crippen LogP contribution in [0.3, 0.4) is 0 Å². The molecule has 1 aliphatic carbocycles. The van der Waals surface area contributed by atoms with E-state index in [4.69, 9.17) is 0 Å². The van der Waals surface area contributed by atoms with Crippen LogP contribution in [0.1, 0.15) is 53.4 Å². The molecule has 0 spiro atoms. The van der Waals surface area contributed by atoms with Crippen LogP contribution < -0.4 is 5.32 Å². The first-order valence-electron chi connectivity index (χ1n) is 6.37. The van der Waals surface area contributed by atoms with E-state index in [1.54, 1.807) is 0 Å². The second kappa shape index (κ2) is 5.31. The minimum Gasteiger partial charge on any atom is -0.389 e. The lowest BCUT2D eigenvalue weighted by Gasteiger charge is -2.33. The molecule has 2 N–H and O–H groups in total. The molecule has 1 fully saturated rings. The van der Waals surface area contributed by atoms with Gasteiger partial charge in [-0.15, -0.1) is 0 Å². The highest BCUT2D eigenvalue weighted by Crippen LogP contribution is 2.24. The second-order valence-electron chi connectivity index (χ2n) is 5.86. The number of hydrogen-bond acceptors (Lipinski definition) is 2. The number of nitrogens with one attached hydrogen (secondary N) is 1. The SMILES string of the molecule is CC1CCCC(NCC(C)(O)C(C)C)C1. The van der Waals surface area contributed by atoms with E-state index in [0.717, 1.165) is 12.5 Å². The summed E-state index contributed by atoms with van der Waals surface area (Å²) < 4.78 is 0. The van der Waals surface area contributed by atoms with Crippen molar-refractivity contribution in [1.29, 1.82) is 0 Å². The van der Waals surface area contributed by atoms with Crippen molar-refractivity contribution in [3.8, 4) is 0 Å². The second-order valence-corrected chi connectivity index (χ2v) is 5.86. The fraction of sp³-hybridized carbons (Fsp3) is 1.00. The lowest BCUT2D eigenvalue weighted by Crippen LogP contribution is -2.46. The first kappa shape index (κ1) is 13.0. The zero-order chi connectivity index (χ0) is 11.5. The molecule has 0 radical (unpaired) electrons. The van der Waals surface area contributed by atoms with E-state index < -0.39 is 5.60 Å². The molecule has 0 bridgehead atoms. The van der Waals surface area contributed by atoms with E-state index in [1.165, 1.54) is 25.7 Å². The quantitative estimate of drug-likeness (QED) is 0.752. The van der Waals surface area contributed by atoms with Gasteiger partial charge in [0.15, 0.2) is 0 Å². The van der Waals surface area contributed by atoms with E-state index in [-0.39, 0.29) is 0 Å². The Kier molecular flexibility index (Phi) is 4.60. The van der Waals surface area contributed by atoms with Crippen LogP contribution in [-0.2, 0) is 0 Å². The van der Waals surface area contributed by atoms with Crippen LogP contribution in [0.4, 0.5) is 0 Å². The molecule has 3 unspecified atom stereocenters. The van der Waals surface area contributed by atoms with Gasteiger partial charge < -0.3 is 10.4 Å².